The van der Waals surface area contributed by atoms with Crippen molar-refractivity contribution in [1.29, 1.82) is 0 Å². The maximum absolute atomic E-state index is 11.4. The first-order valence-electron chi connectivity index (χ1n) is 1.81. The average Bonchev–Trinajstić information content (AvgIpc) is 2.14. The Morgan fingerprint density at radius 3 is 3.00 bits per heavy atom. The molecule has 4 heteroatoms. The molecule has 40 valence electrons. The fraction of sp³-hybridized carbons (Fsp3) is 0.667. The molecular weight excluding hydrogens is 101 g/mol. The quantitative estimate of drug-likeness (QED) is 0.479. The Kier molecular flexibility index (Phi) is 1.10. The van der Waals surface area contributed by atoms with E-state index in [0.29, 0.717) is 0 Å². The summed E-state index contributed by atoms with van der Waals surface area (Å²) in [6.45, 7) is -0.626. The molecule has 0 amide bonds. The molecular formula is C3H4FNO2. The monoisotopic (exact) mass is 105 g/mol. The number of hydrogen-bond acceptors (Lipinski definition) is 3. The highest BCUT2D eigenvalue weighted by atomic mass is 19.1. The molecule has 0 bridgehead atoms. The lowest BCUT2D eigenvalue weighted by molar-refractivity contribution is 0.0572. The van der Waals surface area contributed by atoms with Gasteiger partial charge >= 0.3 is 0 Å². The van der Waals surface area contributed by atoms with Crippen LogP contribution in [0, 0.1) is 0 Å². The molecule has 0 aromatic carbocycles. The Morgan fingerprint density at radius 1 is 1.86 bits per heavy atom. The van der Waals surface area contributed by atoms with Crippen LogP contribution in [0.1, 0.15) is 0 Å². The third kappa shape index (κ3) is 0.792. The van der Waals surface area contributed by atoms with Gasteiger partial charge in [0.25, 0.3) is 12.7 Å². The molecule has 0 fully saturated rings. The van der Waals surface area contributed by atoms with Gasteiger partial charge < -0.3 is 9.57 Å². The third-order valence-corrected chi connectivity index (χ3v) is 0.559. The van der Waals surface area contributed by atoms with Crippen molar-refractivity contribution in [1.82, 2.24) is 0 Å². The summed E-state index contributed by atoms with van der Waals surface area (Å²) in [6.07, 6.45) is 0. The molecule has 1 rings (SSSR count). The van der Waals surface area contributed by atoms with Crippen molar-refractivity contribution in [3.63, 3.8) is 0 Å². The van der Waals surface area contributed by atoms with Gasteiger partial charge in [0.05, 0.1) is 0 Å². The van der Waals surface area contributed by atoms with Crippen LogP contribution in [0.5, 0.6) is 0 Å². The Bertz CT molecular complexity index is 92.9. The molecule has 1 aliphatic rings. The van der Waals surface area contributed by atoms with Crippen LogP contribution in [0.25, 0.3) is 0 Å². The molecule has 0 aromatic heterocycles. The first-order valence-corrected chi connectivity index (χ1v) is 1.81. The van der Waals surface area contributed by atoms with Crippen LogP contribution in [0.3, 0.4) is 0 Å². The molecule has 0 spiro atoms. The van der Waals surface area contributed by atoms with Crippen LogP contribution in [-0.4, -0.2) is 19.4 Å². The normalized spacial score (nSPS) is 17.6. The van der Waals surface area contributed by atoms with E-state index in [0.717, 1.165) is 0 Å². The molecule has 3 nitrogen and oxygen atoms in total. The van der Waals surface area contributed by atoms with Crippen molar-refractivity contribution < 1.29 is 14.0 Å². The third-order valence-electron chi connectivity index (χ3n) is 0.559. The Labute approximate surface area is 39.7 Å². The Balaban J connectivity index is 2.36. The van der Waals surface area contributed by atoms with Crippen molar-refractivity contribution >= 4 is 5.90 Å². The topological polar surface area (TPSA) is 30.8 Å². The van der Waals surface area contributed by atoms with E-state index in [1.807, 2.05) is 0 Å². The molecule has 1 heterocycles. The van der Waals surface area contributed by atoms with Gasteiger partial charge in [-0.1, -0.05) is 0 Å². The van der Waals surface area contributed by atoms with Gasteiger partial charge in [0.1, 0.15) is 0 Å². The smallest absolute Gasteiger partial charge is 0.260 e. The predicted molar refractivity (Wildman–Crippen MR) is 20.4 cm³/mol. The molecule has 0 aliphatic carbocycles. The molecule has 1 aliphatic heterocycles. The number of rotatable bonds is 1. The van der Waals surface area contributed by atoms with E-state index < -0.39 is 6.67 Å². The summed E-state index contributed by atoms with van der Waals surface area (Å²) < 4.78 is 15.8. The number of halogens is 1. The van der Waals surface area contributed by atoms with Gasteiger partial charge in [0.2, 0.25) is 0 Å². The first-order chi connectivity index (χ1) is 3.43. The lowest BCUT2D eigenvalue weighted by Gasteiger charge is -1.85. The molecule has 0 unspecified atom stereocenters. The minimum atomic E-state index is -0.681. The standard InChI is InChI=1S/C3H4FNO2/c4-1-3-5-7-2-6-3/h1-2H2. The average molecular weight is 105 g/mol. The zero-order valence-electron chi connectivity index (χ0n) is 3.56. The highest BCUT2D eigenvalue weighted by molar-refractivity contribution is 5.77. The fourth-order valence-corrected chi connectivity index (χ4v) is 0.282. The number of hydrogen-bond donors (Lipinski definition) is 0. The molecule has 0 N–H and O–H groups in total. The predicted octanol–water partition coefficient (Wildman–Crippen LogP) is 0.274. The van der Waals surface area contributed by atoms with Crippen molar-refractivity contribution in [3.05, 3.63) is 0 Å². The Hall–Kier alpha value is -0.800. The van der Waals surface area contributed by atoms with E-state index in [1.165, 1.54) is 0 Å². The highest BCUT2D eigenvalue weighted by Crippen LogP contribution is 1.94. The molecule has 0 saturated heterocycles. The second-order valence-corrected chi connectivity index (χ2v) is 1.01. The van der Waals surface area contributed by atoms with E-state index >= 15 is 0 Å². The minimum absolute atomic E-state index is 0.0278. The summed E-state index contributed by atoms with van der Waals surface area (Å²) in [6, 6.07) is 0. The van der Waals surface area contributed by atoms with Gasteiger partial charge in [-0.2, -0.15) is 0 Å². The highest BCUT2D eigenvalue weighted by Gasteiger charge is 2.05. The summed E-state index contributed by atoms with van der Waals surface area (Å²) in [7, 11) is 0. The molecule has 0 radical (unpaired) electrons. The summed E-state index contributed by atoms with van der Waals surface area (Å²) >= 11 is 0. The molecule has 0 atom stereocenters. The summed E-state index contributed by atoms with van der Waals surface area (Å²) in [4.78, 5) is 4.27. The van der Waals surface area contributed by atoms with Crippen molar-refractivity contribution in [3.8, 4) is 0 Å². The Morgan fingerprint density at radius 2 is 2.71 bits per heavy atom. The van der Waals surface area contributed by atoms with Crippen molar-refractivity contribution in [2.75, 3.05) is 13.5 Å². The largest absolute Gasteiger partial charge is 0.437 e. The summed E-state index contributed by atoms with van der Waals surface area (Å²) in [5.41, 5.74) is 0. The van der Waals surface area contributed by atoms with Gasteiger partial charge in [-0.05, 0) is 5.16 Å². The number of nitrogens with zero attached hydrogens (tertiary/aromatic N) is 1. The maximum Gasteiger partial charge on any atom is 0.260 e. The second-order valence-electron chi connectivity index (χ2n) is 1.01. The fourth-order valence-electron chi connectivity index (χ4n) is 0.282. The number of oxime groups is 1. The van der Waals surface area contributed by atoms with Gasteiger partial charge in [-0.25, -0.2) is 4.39 Å². The van der Waals surface area contributed by atoms with Crippen LogP contribution in [0.4, 0.5) is 4.39 Å². The van der Waals surface area contributed by atoms with Crippen molar-refractivity contribution in [2.45, 2.75) is 0 Å². The van der Waals surface area contributed by atoms with Crippen LogP contribution in [0.15, 0.2) is 5.16 Å². The van der Waals surface area contributed by atoms with Crippen LogP contribution < -0.4 is 0 Å². The van der Waals surface area contributed by atoms with E-state index in [9.17, 15) is 4.39 Å². The second kappa shape index (κ2) is 1.77. The zero-order chi connectivity index (χ0) is 5.11. The summed E-state index contributed by atoms with van der Waals surface area (Å²) in [5, 5.41) is 3.17. The van der Waals surface area contributed by atoms with Gasteiger partial charge in [-0.3, -0.25) is 0 Å². The lowest BCUT2D eigenvalue weighted by Crippen LogP contribution is -1.99. The number of ether oxygens (including phenoxy) is 1. The summed E-state index contributed by atoms with van der Waals surface area (Å²) in [5.74, 6) is 0.0278. The SMILES string of the molecule is FCC1=NOCO1. The van der Waals surface area contributed by atoms with Gasteiger partial charge in [-0.15, -0.1) is 0 Å². The van der Waals surface area contributed by atoms with E-state index in [4.69, 9.17) is 0 Å². The lowest BCUT2D eigenvalue weighted by atomic mass is 10.8. The molecule has 7 heavy (non-hydrogen) atoms. The first kappa shape index (κ1) is 4.36. The van der Waals surface area contributed by atoms with Crippen molar-refractivity contribution in [2.24, 2.45) is 5.16 Å². The van der Waals surface area contributed by atoms with Crippen LogP contribution in [-0.2, 0) is 9.57 Å². The van der Waals surface area contributed by atoms with E-state index in [1.54, 1.807) is 0 Å². The van der Waals surface area contributed by atoms with Gasteiger partial charge in [0, 0.05) is 0 Å². The maximum atomic E-state index is 11.4. The molecule has 0 aromatic rings. The van der Waals surface area contributed by atoms with Crippen LogP contribution in [0.2, 0.25) is 0 Å². The zero-order valence-corrected chi connectivity index (χ0v) is 3.56. The van der Waals surface area contributed by atoms with Crippen LogP contribution >= 0.6 is 0 Å². The minimum Gasteiger partial charge on any atom is -0.437 e. The molecule has 0 saturated carbocycles. The van der Waals surface area contributed by atoms with E-state index in [-0.39, 0.29) is 12.7 Å². The van der Waals surface area contributed by atoms with Gasteiger partial charge in [0.15, 0.2) is 6.67 Å². The van der Waals surface area contributed by atoms with E-state index in [2.05, 4.69) is 14.7 Å². The number of alkyl halides is 1.